The molecule has 1 aliphatic rings. The van der Waals surface area contributed by atoms with Crippen LogP contribution < -0.4 is 0 Å². The van der Waals surface area contributed by atoms with Crippen LogP contribution in [0, 0.1) is 11.7 Å². The highest BCUT2D eigenvalue weighted by atomic mass is 19.1. The highest BCUT2D eigenvalue weighted by Gasteiger charge is 2.41. The van der Waals surface area contributed by atoms with E-state index in [1.807, 2.05) is 30.3 Å². The molecule has 0 spiro atoms. The van der Waals surface area contributed by atoms with E-state index in [4.69, 9.17) is 0 Å². The van der Waals surface area contributed by atoms with Gasteiger partial charge in [0.1, 0.15) is 5.82 Å². The summed E-state index contributed by atoms with van der Waals surface area (Å²) >= 11 is 0. The van der Waals surface area contributed by atoms with Crippen molar-refractivity contribution in [3.8, 4) is 17.1 Å². The average molecular weight is 380 g/mol. The molecule has 1 fully saturated rings. The van der Waals surface area contributed by atoms with E-state index in [1.165, 1.54) is 12.1 Å². The zero-order valence-corrected chi connectivity index (χ0v) is 15.7. The summed E-state index contributed by atoms with van der Waals surface area (Å²) in [7, 11) is 0. The molecule has 4 rings (SSSR count). The lowest BCUT2D eigenvalue weighted by Crippen LogP contribution is -2.57. The Morgan fingerprint density at radius 3 is 2.36 bits per heavy atom. The van der Waals surface area contributed by atoms with Crippen LogP contribution in [0.3, 0.4) is 0 Å². The summed E-state index contributed by atoms with van der Waals surface area (Å²) in [5.74, 6) is -0.00469. The van der Waals surface area contributed by atoms with Crippen LogP contribution in [0.2, 0.25) is 0 Å². The van der Waals surface area contributed by atoms with E-state index in [0.29, 0.717) is 24.6 Å². The number of hydrogen-bond donors (Lipinski definition) is 1. The summed E-state index contributed by atoms with van der Waals surface area (Å²) in [5.41, 5.74) is 0.591. The molecule has 2 aromatic carbocycles. The molecule has 0 aliphatic carbocycles. The molecule has 1 aromatic heterocycles. The van der Waals surface area contributed by atoms with E-state index in [2.05, 4.69) is 10.1 Å². The molecular weight excluding hydrogens is 359 g/mol. The molecule has 0 atom stereocenters. The molecule has 144 valence electrons. The number of halogens is 1. The molecule has 1 amide bonds. The Bertz CT molecular complexity index is 987. The molecule has 3 aromatic rings. The number of benzene rings is 2. The van der Waals surface area contributed by atoms with Crippen LogP contribution in [0.5, 0.6) is 0 Å². The maximum atomic E-state index is 13.3. The Morgan fingerprint density at radius 1 is 1.11 bits per heavy atom. The largest absolute Gasteiger partial charge is 0.390 e. The van der Waals surface area contributed by atoms with Crippen molar-refractivity contribution < 1.29 is 14.3 Å². The number of aromatic nitrogens is 3. The van der Waals surface area contributed by atoms with Crippen LogP contribution in [-0.2, 0) is 0 Å². The molecular formula is C21H21FN4O2. The minimum absolute atomic E-state index is 0.0317. The molecule has 0 bridgehead atoms. The third-order valence-corrected chi connectivity index (χ3v) is 5.07. The Balaban J connectivity index is 1.68. The molecule has 7 heteroatoms. The smallest absolute Gasteiger partial charge is 0.293 e. The zero-order chi connectivity index (χ0) is 19.9. The molecule has 28 heavy (non-hydrogen) atoms. The first-order chi connectivity index (χ1) is 13.3. The van der Waals surface area contributed by atoms with Crippen LogP contribution in [0.15, 0.2) is 54.6 Å². The summed E-state index contributed by atoms with van der Waals surface area (Å²) < 4.78 is 14.9. The van der Waals surface area contributed by atoms with Crippen molar-refractivity contribution in [2.75, 3.05) is 13.1 Å². The zero-order valence-electron chi connectivity index (χ0n) is 15.7. The molecule has 2 heterocycles. The second kappa shape index (κ2) is 6.83. The Morgan fingerprint density at radius 2 is 1.75 bits per heavy atom. The fraction of sp³-hybridized carbons (Fsp3) is 0.286. The number of hydrogen-bond acceptors (Lipinski definition) is 4. The van der Waals surface area contributed by atoms with Crippen molar-refractivity contribution in [3.63, 3.8) is 0 Å². The first-order valence-electron chi connectivity index (χ1n) is 9.13. The minimum atomic E-state index is -0.827. The van der Waals surface area contributed by atoms with Crippen LogP contribution in [0.25, 0.3) is 17.1 Å². The molecule has 1 aliphatic heterocycles. The molecule has 1 N–H and O–H groups in total. The van der Waals surface area contributed by atoms with Crippen molar-refractivity contribution >= 4 is 5.91 Å². The van der Waals surface area contributed by atoms with Crippen LogP contribution in [0.1, 0.15) is 24.5 Å². The van der Waals surface area contributed by atoms with Gasteiger partial charge in [0.15, 0.2) is 5.82 Å². The number of amides is 1. The predicted molar refractivity (Wildman–Crippen MR) is 102 cm³/mol. The van der Waals surface area contributed by atoms with Gasteiger partial charge in [-0.25, -0.2) is 14.1 Å². The quantitative estimate of drug-likeness (QED) is 0.756. The first-order valence-corrected chi connectivity index (χ1v) is 9.13. The second-order valence-electron chi connectivity index (χ2n) is 7.57. The van der Waals surface area contributed by atoms with E-state index in [0.717, 1.165) is 5.56 Å². The van der Waals surface area contributed by atoms with E-state index in [9.17, 15) is 14.3 Å². The van der Waals surface area contributed by atoms with E-state index in [1.54, 1.807) is 35.6 Å². The summed E-state index contributed by atoms with van der Waals surface area (Å²) in [5, 5.41) is 14.5. The van der Waals surface area contributed by atoms with Gasteiger partial charge in [-0.15, -0.1) is 5.10 Å². The van der Waals surface area contributed by atoms with Gasteiger partial charge in [0.2, 0.25) is 5.82 Å². The number of aliphatic hydroxyl groups is 1. The van der Waals surface area contributed by atoms with Gasteiger partial charge >= 0.3 is 0 Å². The van der Waals surface area contributed by atoms with Gasteiger partial charge < -0.3 is 10.0 Å². The van der Waals surface area contributed by atoms with Crippen molar-refractivity contribution in [2.24, 2.45) is 5.92 Å². The van der Waals surface area contributed by atoms with Crippen molar-refractivity contribution in [1.82, 2.24) is 19.7 Å². The Labute approximate surface area is 162 Å². The topological polar surface area (TPSA) is 71.2 Å². The molecule has 0 saturated carbocycles. The van der Waals surface area contributed by atoms with Gasteiger partial charge in [0.05, 0.1) is 11.3 Å². The lowest BCUT2D eigenvalue weighted by atomic mass is 9.84. The van der Waals surface area contributed by atoms with Gasteiger partial charge in [-0.2, -0.15) is 0 Å². The van der Waals surface area contributed by atoms with Crippen LogP contribution in [-0.4, -0.2) is 49.4 Å². The van der Waals surface area contributed by atoms with E-state index in [-0.39, 0.29) is 23.5 Å². The number of rotatable bonds is 4. The Hall–Kier alpha value is -3.06. The number of carbonyl (C=O) groups excluding carboxylic acids is 1. The number of carbonyl (C=O) groups is 1. The normalized spacial score (nSPS) is 14.8. The lowest BCUT2D eigenvalue weighted by Gasteiger charge is -2.44. The fourth-order valence-corrected chi connectivity index (χ4v) is 3.17. The molecule has 1 saturated heterocycles. The second-order valence-corrected chi connectivity index (χ2v) is 7.57. The highest BCUT2D eigenvalue weighted by molar-refractivity contribution is 5.91. The fourth-order valence-electron chi connectivity index (χ4n) is 3.17. The number of likely N-dealkylation sites (tertiary alicyclic amines) is 1. The minimum Gasteiger partial charge on any atom is -0.390 e. The third kappa shape index (κ3) is 3.41. The standard InChI is InChI=1S/C21H21FN4O2/c1-21(2,28)15-12-25(13-15)20(27)18-23-19(14-6-4-3-5-7-14)26(24-18)17-10-8-16(22)9-11-17/h3-11,15,28H,12-13H2,1-2H3. The molecule has 6 nitrogen and oxygen atoms in total. The van der Waals surface area contributed by atoms with Gasteiger partial charge in [-0.3, -0.25) is 4.79 Å². The third-order valence-electron chi connectivity index (χ3n) is 5.07. The lowest BCUT2D eigenvalue weighted by molar-refractivity contribution is -0.0510. The van der Waals surface area contributed by atoms with Gasteiger partial charge in [-0.1, -0.05) is 30.3 Å². The maximum Gasteiger partial charge on any atom is 0.293 e. The first kappa shape index (κ1) is 18.3. The monoisotopic (exact) mass is 380 g/mol. The Kier molecular flexibility index (Phi) is 4.47. The van der Waals surface area contributed by atoms with Crippen molar-refractivity contribution in [1.29, 1.82) is 0 Å². The number of nitrogens with zero attached hydrogens (tertiary/aromatic N) is 4. The van der Waals surface area contributed by atoms with Crippen LogP contribution in [0.4, 0.5) is 4.39 Å². The summed E-state index contributed by atoms with van der Waals surface area (Å²) in [6.45, 7) is 4.42. The summed E-state index contributed by atoms with van der Waals surface area (Å²) in [6.07, 6.45) is 0. The SMILES string of the molecule is CC(C)(O)C1CN(C(=O)c2nc(-c3ccccc3)n(-c3ccc(F)cc3)n2)C1. The molecule has 0 radical (unpaired) electrons. The van der Waals surface area contributed by atoms with Gasteiger partial charge in [0.25, 0.3) is 5.91 Å². The summed E-state index contributed by atoms with van der Waals surface area (Å²) in [4.78, 5) is 18.9. The average Bonchev–Trinajstić information content (AvgIpc) is 3.06. The maximum absolute atomic E-state index is 13.3. The van der Waals surface area contributed by atoms with Crippen LogP contribution >= 0.6 is 0 Å². The van der Waals surface area contributed by atoms with Gasteiger partial charge in [0, 0.05) is 24.6 Å². The predicted octanol–water partition coefficient (Wildman–Crippen LogP) is 2.92. The van der Waals surface area contributed by atoms with Crippen molar-refractivity contribution in [3.05, 3.63) is 66.2 Å². The van der Waals surface area contributed by atoms with Gasteiger partial charge in [-0.05, 0) is 38.1 Å². The molecule has 0 unspecified atom stereocenters. The van der Waals surface area contributed by atoms with E-state index < -0.39 is 5.60 Å². The van der Waals surface area contributed by atoms with E-state index >= 15 is 0 Å². The van der Waals surface area contributed by atoms with Crippen molar-refractivity contribution in [2.45, 2.75) is 19.4 Å². The highest BCUT2D eigenvalue weighted by Crippen LogP contribution is 2.28. The summed E-state index contributed by atoms with van der Waals surface area (Å²) in [6, 6.07) is 15.3.